The molecule has 1 atom stereocenters. The molecule has 3 aromatic rings. The van der Waals surface area contributed by atoms with Crippen molar-refractivity contribution in [2.24, 2.45) is 5.41 Å². The summed E-state index contributed by atoms with van der Waals surface area (Å²) in [6.45, 7) is 4.33. The maximum absolute atomic E-state index is 13.3. The van der Waals surface area contributed by atoms with Crippen LogP contribution in [0.4, 0.5) is 13.2 Å². The predicted octanol–water partition coefficient (Wildman–Crippen LogP) is 4.53. The molecule has 0 radical (unpaired) electrons. The Bertz CT molecular complexity index is 1190. The molecule has 160 valence electrons. The first-order chi connectivity index (χ1) is 14.6. The molecule has 1 amide bonds. The molecule has 2 aromatic carbocycles. The molecule has 1 saturated heterocycles. The largest absolute Gasteiger partial charge is 0.480 e. The molecule has 31 heavy (non-hydrogen) atoms. The van der Waals surface area contributed by atoms with Gasteiger partial charge in [-0.1, -0.05) is 25.1 Å². The van der Waals surface area contributed by atoms with Crippen molar-refractivity contribution in [3.63, 3.8) is 0 Å². The van der Waals surface area contributed by atoms with E-state index in [0.29, 0.717) is 18.6 Å². The Balaban J connectivity index is 1.56. The predicted molar refractivity (Wildman–Crippen MR) is 104 cm³/mol. The third kappa shape index (κ3) is 3.93. The van der Waals surface area contributed by atoms with Crippen LogP contribution in [0, 0.1) is 16.7 Å². The van der Waals surface area contributed by atoms with Gasteiger partial charge in [-0.2, -0.15) is 18.4 Å². The number of alkyl halides is 3. The number of carbonyl (C=O) groups is 1. The smallest absolute Gasteiger partial charge is 0.417 e. The van der Waals surface area contributed by atoms with E-state index in [9.17, 15) is 18.0 Å². The summed E-state index contributed by atoms with van der Waals surface area (Å²) in [7, 11) is 0. The van der Waals surface area contributed by atoms with Gasteiger partial charge in [-0.3, -0.25) is 4.79 Å². The molecule has 0 saturated carbocycles. The molecule has 1 aliphatic rings. The summed E-state index contributed by atoms with van der Waals surface area (Å²) in [5, 5.41) is 13.7. The second-order valence-electron chi connectivity index (χ2n) is 8.21. The van der Waals surface area contributed by atoms with Gasteiger partial charge >= 0.3 is 6.18 Å². The average Bonchev–Trinajstić information content (AvgIpc) is 3.25. The standard InChI is InChI=1S/C22H18F3N3O3/c1-21(2)12-28(10-13-3-4-15-11-30-27-18(15)7-13)20(29)19(21)31-16-6-5-14(9-26)17(8-16)22(23,24)25/h3-8,11,19H,10,12H2,1-2H3. The SMILES string of the molecule is CC1(C)CN(Cc2ccc3conc3c2)C(=O)C1Oc1ccc(C#N)c(C(F)(F)F)c1. The summed E-state index contributed by atoms with van der Waals surface area (Å²) in [4.78, 5) is 14.7. The van der Waals surface area contributed by atoms with Gasteiger partial charge in [0.25, 0.3) is 5.91 Å². The number of nitrogens with zero attached hydrogens (tertiary/aromatic N) is 3. The lowest BCUT2D eigenvalue weighted by atomic mass is 9.89. The molecule has 2 heterocycles. The molecule has 1 fully saturated rings. The fourth-order valence-corrected chi connectivity index (χ4v) is 3.79. The van der Waals surface area contributed by atoms with E-state index in [1.165, 1.54) is 18.4 Å². The first kappa shape index (κ1) is 20.7. The highest BCUT2D eigenvalue weighted by Gasteiger charge is 2.48. The van der Waals surface area contributed by atoms with Gasteiger partial charge in [-0.25, -0.2) is 0 Å². The summed E-state index contributed by atoms with van der Waals surface area (Å²) in [6.07, 6.45) is -4.14. The number of hydrogen-bond donors (Lipinski definition) is 0. The zero-order valence-electron chi connectivity index (χ0n) is 16.7. The van der Waals surface area contributed by atoms with Gasteiger partial charge in [0.15, 0.2) is 6.10 Å². The minimum absolute atomic E-state index is 0.108. The van der Waals surface area contributed by atoms with Crippen LogP contribution in [0.5, 0.6) is 5.75 Å². The van der Waals surface area contributed by atoms with Crippen LogP contribution < -0.4 is 4.74 Å². The van der Waals surface area contributed by atoms with Crippen molar-refractivity contribution in [2.45, 2.75) is 32.7 Å². The molecule has 9 heteroatoms. The van der Waals surface area contributed by atoms with Crippen molar-refractivity contribution in [1.29, 1.82) is 5.26 Å². The number of ether oxygens (including phenoxy) is 1. The second-order valence-corrected chi connectivity index (χ2v) is 8.21. The molecular weight excluding hydrogens is 411 g/mol. The molecule has 0 aliphatic carbocycles. The van der Waals surface area contributed by atoms with Crippen molar-refractivity contribution >= 4 is 16.8 Å². The summed E-state index contributed by atoms with van der Waals surface area (Å²) >= 11 is 0. The van der Waals surface area contributed by atoms with Gasteiger partial charge in [0.1, 0.15) is 17.5 Å². The fourth-order valence-electron chi connectivity index (χ4n) is 3.79. The molecule has 0 bridgehead atoms. The number of fused-ring (bicyclic) bond motifs is 1. The van der Waals surface area contributed by atoms with Crippen LogP contribution >= 0.6 is 0 Å². The summed E-state index contributed by atoms with van der Waals surface area (Å²) in [5.41, 5.74) is -0.700. The fraction of sp³-hybridized carbons (Fsp3) is 0.318. The maximum atomic E-state index is 13.3. The van der Waals surface area contributed by atoms with Gasteiger partial charge in [-0.15, -0.1) is 0 Å². The Morgan fingerprint density at radius 2 is 2.06 bits per heavy atom. The molecule has 1 unspecified atom stereocenters. The Morgan fingerprint density at radius 1 is 1.29 bits per heavy atom. The molecule has 1 aromatic heterocycles. The lowest BCUT2D eigenvalue weighted by Gasteiger charge is -2.24. The highest BCUT2D eigenvalue weighted by atomic mass is 19.4. The van der Waals surface area contributed by atoms with Crippen molar-refractivity contribution < 1.29 is 27.2 Å². The van der Waals surface area contributed by atoms with E-state index in [0.717, 1.165) is 23.1 Å². The average molecular weight is 429 g/mol. The van der Waals surface area contributed by atoms with Crippen LogP contribution in [0.2, 0.25) is 0 Å². The van der Waals surface area contributed by atoms with Crippen molar-refractivity contribution in [3.05, 3.63) is 59.4 Å². The molecule has 4 rings (SSSR count). The zero-order valence-corrected chi connectivity index (χ0v) is 16.7. The number of rotatable bonds is 4. The third-order valence-corrected chi connectivity index (χ3v) is 5.31. The maximum Gasteiger partial charge on any atom is 0.417 e. The van der Waals surface area contributed by atoms with Crippen LogP contribution in [-0.4, -0.2) is 28.6 Å². The van der Waals surface area contributed by atoms with Crippen LogP contribution in [0.1, 0.15) is 30.5 Å². The third-order valence-electron chi connectivity index (χ3n) is 5.31. The number of amides is 1. The topological polar surface area (TPSA) is 79.4 Å². The quantitative estimate of drug-likeness (QED) is 0.609. The number of likely N-dealkylation sites (tertiary alicyclic amines) is 1. The summed E-state index contributed by atoms with van der Waals surface area (Å²) in [6, 6.07) is 10.2. The Morgan fingerprint density at radius 3 is 2.77 bits per heavy atom. The Kier molecular flexibility index (Phi) is 4.88. The van der Waals surface area contributed by atoms with E-state index in [4.69, 9.17) is 14.5 Å². The van der Waals surface area contributed by atoms with E-state index in [-0.39, 0.29) is 11.7 Å². The Labute approximate surface area is 175 Å². The monoisotopic (exact) mass is 429 g/mol. The number of carbonyl (C=O) groups excluding carboxylic acids is 1. The highest BCUT2D eigenvalue weighted by molar-refractivity contribution is 5.85. The van der Waals surface area contributed by atoms with Gasteiger partial charge in [0.05, 0.1) is 17.2 Å². The van der Waals surface area contributed by atoms with Crippen LogP contribution in [0.3, 0.4) is 0 Å². The van der Waals surface area contributed by atoms with Gasteiger partial charge in [0.2, 0.25) is 0 Å². The number of hydrogen-bond acceptors (Lipinski definition) is 5. The van der Waals surface area contributed by atoms with Gasteiger partial charge < -0.3 is 14.2 Å². The molecule has 0 spiro atoms. The molecule has 6 nitrogen and oxygen atoms in total. The minimum atomic E-state index is -4.70. The Hall–Kier alpha value is -3.54. The van der Waals surface area contributed by atoms with Crippen LogP contribution in [-0.2, 0) is 17.5 Å². The number of halogens is 3. The second kappa shape index (κ2) is 7.30. The van der Waals surface area contributed by atoms with Crippen LogP contribution in [0.25, 0.3) is 10.9 Å². The number of benzene rings is 2. The van der Waals surface area contributed by atoms with Crippen LogP contribution in [0.15, 0.2) is 47.2 Å². The lowest BCUT2D eigenvalue weighted by Crippen LogP contribution is -2.36. The van der Waals surface area contributed by atoms with Gasteiger partial charge in [-0.05, 0) is 35.9 Å². The first-order valence-corrected chi connectivity index (χ1v) is 9.48. The molecular formula is C22H18F3N3O3. The lowest BCUT2D eigenvalue weighted by molar-refractivity contribution is -0.138. The molecule has 0 N–H and O–H groups in total. The van der Waals surface area contributed by atoms with Crippen molar-refractivity contribution in [1.82, 2.24) is 10.1 Å². The number of aromatic nitrogens is 1. The van der Waals surface area contributed by atoms with E-state index < -0.39 is 28.8 Å². The summed E-state index contributed by atoms with van der Waals surface area (Å²) in [5.74, 6) is -0.424. The highest BCUT2D eigenvalue weighted by Crippen LogP contribution is 2.38. The van der Waals surface area contributed by atoms with E-state index in [1.54, 1.807) is 4.90 Å². The van der Waals surface area contributed by atoms with E-state index in [2.05, 4.69) is 5.16 Å². The zero-order chi connectivity index (χ0) is 22.4. The van der Waals surface area contributed by atoms with E-state index in [1.807, 2.05) is 32.0 Å². The first-order valence-electron chi connectivity index (χ1n) is 9.48. The van der Waals surface area contributed by atoms with Crippen molar-refractivity contribution in [3.8, 4) is 11.8 Å². The minimum Gasteiger partial charge on any atom is -0.480 e. The van der Waals surface area contributed by atoms with E-state index >= 15 is 0 Å². The molecule has 1 aliphatic heterocycles. The number of nitriles is 1. The summed E-state index contributed by atoms with van der Waals surface area (Å²) < 4.78 is 50.4. The normalized spacial score (nSPS) is 18.4. The van der Waals surface area contributed by atoms with Gasteiger partial charge in [0, 0.05) is 23.9 Å². The van der Waals surface area contributed by atoms with Crippen molar-refractivity contribution in [2.75, 3.05) is 6.54 Å².